The van der Waals surface area contributed by atoms with Crippen molar-refractivity contribution in [3.05, 3.63) is 66.5 Å². The number of nitrogens with one attached hydrogen (secondary N) is 1. The number of hydrogen-bond donors (Lipinski definition) is 1. The van der Waals surface area contributed by atoms with Crippen LogP contribution in [0.25, 0.3) is 5.69 Å². The standard InChI is InChI=1S/C16H19N5/c1-13(18-9-14-10-19-20(2)11-14)15-3-5-16(6-4-15)21-8-7-17-12-21/h3-8,10-13,18H,9H2,1-2H3. The van der Waals surface area contributed by atoms with E-state index < -0.39 is 0 Å². The molecule has 0 radical (unpaired) electrons. The van der Waals surface area contributed by atoms with E-state index in [0.717, 1.165) is 12.2 Å². The highest BCUT2D eigenvalue weighted by atomic mass is 15.2. The minimum atomic E-state index is 0.294. The molecule has 1 unspecified atom stereocenters. The lowest BCUT2D eigenvalue weighted by molar-refractivity contribution is 0.574. The fourth-order valence-corrected chi connectivity index (χ4v) is 2.30. The number of aryl methyl sites for hydroxylation is 1. The van der Waals surface area contributed by atoms with E-state index in [9.17, 15) is 0 Å². The number of nitrogens with zero attached hydrogens (tertiary/aromatic N) is 4. The maximum atomic E-state index is 4.18. The molecular weight excluding hydrogens is 262 g/mol. The number of rotatable bonds is 5. The molecule has 0 bridgehead atoms. The normalized spacial score (nSPS) is 12.5. The number of hydrogen-bond acceptors (Lipinski definition) is 3. The fraction of sp³-hybridized carbons (Fsp3) is 0.250. The molecule has 0 fully saturated rings. The highest BCUT2D eigenvalue weighted by molar-refractivity contribution is 5.35. The molecule has 5 nitrogen and oxygen atoms in total. The van der Waals surface area contributed by atoms with E-state index in [1.165, 1.54) is 11.1 Å². The van der Waals surface area contributed by atoms with Crippen molar-refractivity contribution in [3.63, 3.8) is 0 Å². The minimum Gasteiger partial charge on any atom is -0.306 e. The van der Waals surface area contributed by atoms with Crippen molar-refractivity contribution in [2.75, 3.05) is 0 Å². The predicted octanol–water partition coefficient (Wildman–Crippen LogP) is 2.46. The van der Waals surface area contributed by atoms with E-state index in [1.807, 2.05) is 34.9 Å². The van der Waals surface area contributed by atoms with Crippen LogP contribution in [0.1, 0.15) is 24.1 Å². The molecular formula is C16H19N5. The molecule has 3 aromatic rings. The van der Waals surface area contributed by atoms with Crippen molar-refractivity contribution in [1.82, 2.24) is 24.6 Å². The van der Waals surface area contributed by atoms with Gasteiger partial charge < -0.3 is 9.88 Å². The maximum absolute atomic E-state index is 4.18. The summed E-state index contributed by atoms with van der Waals surface area (Å²) >= 11 is 0. The molecule has 0 aliphatic heterocycles. The van der Waals surface area contributed by atoms with Gasteiger partial charge in [0.25, 0.3) is 0 Å². The lowest BCUT2D eigenvalue weighted by atomic mass is 10.1. The van der Waals surface area contributed by atoms with Crippen LogP contribution >= 0.6 is 0 Å². The van der Waals surface area contributed by atoms with Gasteiger partial charge in [0.15, 0.2) is 0 Å². The summed E-state index contributed by atoms with van der Waals surface area (Å²) in [6, 6.07) is 8.81. The third kappa shape index (κ3) is 3.20. The molecule has 2 aromatic heterocycles. The molecule has 1 aromatic carbocycles. The Hall–Kier alpha value is -2.40. The van der Waals surface area contributed by atoms with Crippen molar-refractivity contribution in [1.29, 1.82) is 0 Å². The van der Waals surface area contributed by atoms with Crippen molar-refractivity contribution >= 4 is 0 Å². The predicted molar refractivity (Wildman–Crippen MR) is 82.0 cm³/mol. The summed E-state index contributed by atoms with van der Waals surface area (Å²) in [4.78, 5) is 4.06. The third-order valence-electron chi connectivity index (χ3n) is 3.57. The summed E-state index contributed by atoms with van der Waals surface area (Å²) in [6.45, 7) is 2.99. The van der Waals surface area contributed by atoms with Gasteiger partial charge in [-0.15, -0.1) is 0 Å². The van der Waals surface area contributed by atoms with Gasteiger partial charge in [-0.1, -0.05) is 12.1 Å². The van der Waals surface area contributed by atoms with E-state index in [1.54, 1.807) is 12.5 Å². The molecule has 108 valence electrons. The third-order valence-corrected chi connectivity index (χ3v) is 3.57. The Morgan fingerprint density at radius 3 is 2.67 bits per heavy atom. The quantitative estimate of drug-likeness (QED) is 0.781. The second-order valence-electron chi connectivity index (χ2n) is 5.19. The SMILES string of the molecule is CC(NCc1cnn(C)c1)c1ccc(-n2ccnc2)cc1. The van der Waals surface area contributed by atoms with Crippen molar-refractivity contribution in [2.24, 2.45) is 7.05 Å². The van der Waals surface area contributed by atoms with Gasteiger partial charge in [0.2, 0.25) is 0 Å². The minimum absolute atomic E-state index is 0.294. The van der Waals surface area contributed by atoms with Gasteiger partial charge in [-0.05, 0) is 24.6 Å². The van der Waals surface area contributed by atoms with E-state index in [0.29, 0.717) is 6.04 Å². The number of aromatic nitrogens is 4. The zero-order chi connectivity index (χ0) is 14.7. The smallest absolute Gasteiger partial charge is 0.0991 e. The summed E-state index contributed by atoms with van der Waals surface area (Å²) in [7, 11) is 1.93. The second-order valence-corrected chi connectivity index (χ2v) is 5.19. The first-order valence-corrected chi connectivity index (χ1v) is 7.01. The van der Waals surface area contributed by atoms with Crippen LogP contribution in [0.15, 0.2) is 55.4 Å². The average Bonchev–Trinajstić information content (AvgIpc) is 3.16. The summed E-state index contributed by atoms with van der Waals surface area (Å²) in [5.74, 6) is 0. The highest BCUT2D eigenvalue weighted by Gasteiger charge is 2.06. The van der Waals surface area contributed by atoms with Gasteiger partial charge in [-0.3, -0.25) is 4.68 Å². The topological polar surface area (TPSA) is 47.7 Å². The number of imidazole rings is 1. The Morgan fingerprint density at radius 1 is 1.24 bits per heavy atom. The molecule has 2 heterocycles. The molecule has 1 N–H and O–H groups in total. The summed E-state index contributed by atoms with van der Waals surface area (Å²) in [6.07, 6.45) is 9.45. The van der Waals surface area contributed by atoms with E-state index in [4.69, 9.17) is 0 Å². The van der Waals surface area contributed by atoms with Crippen LogP contribution in [0.2, 0.25) is 0 Å². The van der Waals surface area contributed by atoms with Crippen LogP contribution < -0.4 is 5.32 Å². The van der Waals surface area contributed by atoms with Crippen LogP contribution in [0, 0.1) is 0 Å². The molecule has 0 saturated carbocycles. The molecule has 0 saturated heterocycles. The number of benzene rings is 1. The molecule has 0 amide bonds. The molecule has 0 spiro atoms. The fourth-order valence-electron chi connectivity index (χ4n) is 2.30. The Bertz CT molecular complexity index is 682. The molecule has 0 aliphatic carbocycles. The van der Waals surface area contributed by atoms with Crippen LogP contribution in [0.3, 0.4) is 0 Å². The van der Waals surface area contributed by atoms with Crippen LogP contribution in [0.4, 0.5) is 0 Å². The van der Waals surface area contributed by atoms with E-state index >= 15 is 0 Å². The zero-order valence-corrected chi connectivity index (χ0v) is 12.3. The Kier molecular flexibility index (Phi) is 3.83. The summed E-state index contributed by atoms with van der Waals surface area (Å²) in [5, 5.41) is 7.69. The lowest BCUT2D eigenvalue weighted by Gasteiger charge is -2.14. The van der Waals surface area contributed by atoms with E-state index in [-0.39, 0.29) is 0 Å². The maximum Gasteiger partial charge on any atom is 0.0991 e. The van der Waals surface area contributed by atoms with Gasteiger partial charge >= 0.3 is 0 Å². The van der Waals surface area contributed by atoms with Crippen molar-refractivity contribution in [3.8, 4) is 5.69 Å². The molecule has 3 rings (SSSR count). The Labute approximate surface area is 124 Å². The lowest BCUT2D eigenvalue weighted by Crippen LogP contribution is -2.17. The first-order valence-electron chi connectivity index (χ1n) is 7.01. The second kappa shape index (κ2) is 5.93. The first kappa shape index (κ1) is 13.6. The average molecular weight is 281 g/mol. The van der Waals surface area contributed by atoms with Gasteiger partial charge in [-0.25, -0.2) is 4.98 Å². The van der Waals surface area contributed by atoms with Gasteiger partial charge in [-0.2, -0.15) is 5.10 Å². The Balaban J connectivity index is 1.63. The molecule has 0 aliphatic rings. The monoisotopic (exact) mass is 281 g/mol. The molecule has 5 heteroatoms. The van der Waals surface area contributed by atoms with Crippen LogP contribution in [-0.2, 0) is 13.6 Å². The van der Waals surface area contributed by atoms with Gasteiger partial charge in [0, 0.05) is 49.5 Å². The van der Waals surface area contributed by atoms with Crippen molar-refractivity contribution in [2.45, 2.75) is 19.5 Å². The van der Waals surface area contributed by atoms with Crippen molar-refractivity contribution < 1.29 is 0 Å². The molecule has 1 atom stereocenters. The van der Waals surface area contributed by atoms with Crippen LogP contribution in [0.5, 0.6) is 0 Å². The molecule has 21 heavy (non-hydrogen) atoms. The van der Waals surface area contributed by atoms with E-state index in [2.05, 4.69) is 46.6 Å². The highest BCUT2D eigenvalue weighted by Crippen LogP contribution is 2.16. The van der Waals surface area contributed by atoms with Crippen LogP contribution in [-0.4, -0.2) is 19.3 Å². The largest absolute Gasteiger partial charge is 0.306 e. The zero-order valence-electron chi connectivity index (χ0n) is 12.3. The summed E-state index contributed by atoms with van der Waals surface area (Å²) < 4.78 is 3.82. The van der Waals surface area contributed by atoms with Gasteiger partial charge in [0.05, 0.1) is 12.5 Å². The Morgan fingerprint density at radius 2 is 2.05 bits per heavy atom. The first-order chi connectivity index (χ1) is 10.2. The summed E-state index contributed by atoms with van der Waals surface area (Å²) in [5.41, 5.74) is 3.58. The van der Waals surface area contributed by atoms with Gasteiger partial charge in [0.1, 0.15) is 0 Å².